The standard InChI is InChI=1S/C8H12N2O2/c1-8(2,7(11)12)6-4-9-10(3)5-6/h4-5H,1-3H3,(H,11,12). The number of rotatable bonds is 2. The van der Waals surface area contributed by atoms with Crippen LogP contribution in [0.1, 0.15) is 19.4 Å². The van der Waals surface area contributed by atoms with Crippen LogP contribution in [-0.4, -0.2) is 20.9 Å². The van der Waals surface area contributed by atoms with Crippen LogP contribution in [0.15, 0.2) is 12.4 Å². The Bertz CT molecular complexity index is 302. The predicted octanol–water partition coefficient (Wildman–Crippen LogP) is 0.782. The molecule has 0 aliphatic rings. The summed E-state index contributed by atoms with van der Waals surface area (Å²) in [6.07, 6.45) is 3.29. The van der Waals surface area contributed by atoms with Crippen LogP contribution >= 0.6 is 0 Å². The maximum atomic E-state index is 10.8. The highest BCUT2D eigenvalue weighted by Gasteiger charge is 2.30. The van der Waals surface area contributed by atoms with E-state index in [0.717, 1.165) is 5.56 Å². The Kier molecular flexibility index (Phi) is 1.92. The van der Waals surface area contributed by atoms with Gasteiger partial charge in [0.1, 0.15) is 0 Å². The minimum Gasteiger partial charge on any atom is -0.481 e. The highest BCUT2D eigenvalue weighted by atomic mass is 16.4. The van der Waals surface area contributed by atoms with Crippen LogP contribution in [0.4, 0.5) is 0 Å². The highest BCUT2D eigenvalue weighted by Crippen LogP contribution is 2.22. The van der Waals surface area contributed by atoms with E-state index in [1.807, 2.05) is 0 Å². The molecule has 0 unspecified atom stereocenters. The monoisotopic (exact) mass is 168 g/mol. The number of carboxylic acid groups (broad SMARTS) is 1. The second-order valence-corrected chi connectivity index (χ2v) is 3.33. The predicted molar refractivity (Wildman–Crippen MR) is 43.9 cm³/mol. The molecule has 66 valence electrons. The fourth-order valence-electron chi connectivity index (χ4n) is 0.867. The van der Waals surface area contributed by atoms with E-state index < -0.39 is 11.4 Å². The van der Waals surface area contributed by atoms with Crippen LogP contribution < -0.4 is 0 Å². The molecule has 0 bridgehead atoms. The average molecular weight is 168 g/mol. The van der Waals surface area contributed by atoms with Gasteiger partial charge in [-0.15, -0.1) is 0 Å². The number of carboxylic acids is 1. The number of hydrogen-bond donors (Lipinski definition) is 1. The lowest BCUT2D eigenvalue weighted by atomic mass is 9.87. The summed E-state index contributed by atoms with van der Waals surface area (Å²) >= 11 is 0. The molecular weight excluding hydrogens is 156 g/mol. The van der Waals surface area contributed by atoms with Gasteiger partial charge in [0, 0.05) is 18.8 Å². The summed E-state index contributed by atoms with van der Waals surface area (Å²) in [4.78, 5) is 10.8. The molecule has 0 fully saturated rings. The van der Waals surface area contributed by atoms with Crippen molar-refractivity contribution in [2.45, 2.75) is 19.3 Å². The zero-order valence-electron chi connectivity index (χ0n) is 7.40. The third kappa shape index (κ3) is 1.32. The molecule has 0 aromatic carbocycles. The van der Waals surface area contributed by atoms with Crippen molar-refractivity contribution in [3.63, 3.8) is 0 Å². The van der Waals surface area contributed by atoms with Gasteiger partial charge in [0.25, 0.3) is 0 Å². The Hall–Kier alpha value is -1.32. The van der Waals surface area contributed by atoms with E-state index in [9.17, 15) is 4.79 Å². The third-order valence-corrected chi connectivity index (χ3v) is 1.96. The lowest BCUT2D eigenvalue weighted by Gasteiger charge is -2.16. The zero-order chi connectivity index (χ0) is 9.35. The van der Waals surface area contributed by atoms with Gasteiger partial charge in [-0.1, -0.05) is 0 Å². The molecule has 0 saturated carbocycles. The molecule has 1 rings (SSSR count). The van der Waals surface area contributed by atoms with E-state index in [2.05, 4.69) is 5.10 Å². The van der Waals surface area contributed by atoms with Gasteiger partial charge < -0.3 is 5.11 Å². The largest absolute Gasteiger partial charge is 0.481 e. The van der Waals surface area contributed by atoms with Crippen LogP contribution in [0.25, 0.3) is 0 Å². The number of carbonyl (C=O) groups is 1. The molecule has 1 aromatic heterocycles. The van der Waals surface area contributed by atoms with E-state index in [-0.39, 0.29) is 0 Å². The minimum absolute atomic E-state index is 0.720. The highest BCUT2D eigenvalue weighted by molar-refractivity contribution is 5.79. The summed E-state index contributed by atoms with van der Waals surface area (Å²) in [5.74, 6) is -0.837. The molecule has 0 saturated heterocycles. The second kappa shape index (κ2) is 2.62. The van der Waals surface area contributed by atoms with Crippen molar-refractivity contribution in [3.05, 3.63) is 18.0 Å². The maximum Gasteiger partial charge on any atom is 0.313 e. The van der Waals surface area contributed by atoms with E-state index >= 15 is 0 Å². The molecule has 0 aliphatic carbocycles. The van der Waals surface area contributed by atoms with E-state index in [4.69, 9.17) is 5.11 Å². The fraction of sp³-hybridized carbons (Fsp3) is 0.500. The molecule has 0 spiro atoms. The van der Waals surface area contributed by atoms with Crippen LogP contribution in [0.3, 0.4) is 0 Å². The quantitative estimate of drug-likeness (QED) is 0.710. The lowest BCUT2D eigenvalue weighted by Crippen LogP contribution is -2.27. The summed E-state index contributed by atoms with van der Waals surface area (Å²) in [6.45, 7) is 3.32. The van der Waals surface area contributed by atoms with Gasteiger partial charge in [-0.05, 0) is 13.8 Å². The molecule has 1 aromatic rings. The van der Waals surface area contributed by atoms with Crippen molar-refractivity contribution in [1.82, 2.24) is 9.78 Å². The van der Waals surface area contributed by atoms with Gasteiger partial charge in [-0.2, -0.15) is 5.10 Å². The Morgan fingerprint density at radius 2 is 2.25 bits per heavy atom. The van der Waals surface area contributed by atoms with E-state index in [1.54, 1.807) is 38.0 Å². The summed E-state index contributed by atoms with van der Waals surface area (Å²) in [6, 6.07) is 0. The molecule has 0 aliphatic heterocycles. The first-order valence-corrected chi connectivity index (χ1v) is 3.67. The van der Waals surface area contributed by atoms with E-state index in [0.29, 0.717) is 0 Å². The topological polar surface area (TPSA) is 55.1 Å². The third-order valence-electron chi connectivity index (χ3n) is 1.96. The van der Waals surface area contributed by atoms with Gasteiger partial charge >= 0.3 is 5.97 Å². The number of hydrogen-bond acceptors (Lipinski definition) is 2. The normalized spacial score (nSPS) is 11.6. The van der Waals surface area contributed by atoms with Gasteiger partial charge in [0.15, 0.2) is 0 Å². The Morgan fingerprint density at radius 1 is 1.67 bits per heavy atom. The summed E-state index contributed by atoms with van der Waals surface area (Å²) in [5.41, 5.74) is -0.133. The Morgan fingerprint density at radius 3 is 2.58 bits per heavy atom. The van der Waals surface area contributed by atoms with Gasteiger partial charge in [0.05, 0.1) is 11.6 Å². The molecule has 1 N–H and O–H groups in total. The van der Waals surface area contributed by atoms with Gasteiger partial charge in [-0.3, -0.25) is 9.48 Å². The first kappa shape index (κ1) is 8.77. The Balaban J connectivity index is 3.05. The van der Waals surface area contributed by atoms with Crippen LogP contribution in [0, 0.1) is 0 Å². The van der Waals surface area contributed by atoms with Crippen molar-refractivity contribution < 1.29 is 9.90 Å². The molecule has 0 atom stereocenters. The summed E-state index contributed by atoms with van der Waals surface area (Å²) in [5, 5.41) is 12.8. The minimum atomic E-state index is -0.853. The SMILES string of the molecule is Cn1cc(C(C)(C)C(=O)O)cn1. The first-order valence-electron chi connectivity index (χ1n) is 3.67. The van der Waals surface area contributed by atoms with Crippen LogP contribution in [0.5, 0.6) is 0 Å². The van der Waals surface area contributed by atoms with Crippen molar-refractivity contribution in [2.75, 3.05) is 0 Å². The van der Waals surface area contributed by atoms with Crippen LogP contribution in [0.2, 0.25) is 0 Å². The molecule has 0 amide bonds. The summed E-state index contributed by atoms with van der Waals surface area (Å²) in [7, 11) is 1.77. The first-order chi connectivity index (χ1) is 5.44. The molecule has 0 radical (unpaired) electrons. The van der Waals surface area contributed by atoms with Gasteiger partial charge in [0.2, 0.25) is 0 Å². The van der Waals surface area contributed by atoms with Crippen LogP contribution in [-0.2, 0) is 17.3 Å². The second-order valence-electron chi connectivity index (χ2n) is 3.33. The molecular formula is C8H12N2O2. The van der Waals surface area contributed by atoms with Gasteiger partial charge in [-0.25, -0.2) is 0 Å². The van der Waals surface area contributed by atoms with Crippen molar-refractivity contribution in [2.24, 2.45) is 7.05 Å². The number of aromatic nitrogens is 2. The number of nitrogens with zero attached hydrogens (tertiary/aromatic N) is 2. The molecule has 4 nitrogen and oxygen atoms in total. The number of aliphatic carboxylic acids is 1. The lowest BCUT2D eigenvalue weighted by molar-refractivity contribution is -0.142. The number of aryl methyl sites for hydroxylation is 1. The van der Waals surface area contributed by atoms with Crippen molar-refractivity contribution in [3.8, 4) is 0 Å². The Labute approximate surface area is 70.8 Å². The molecule has 4 heteroatoms. The molecule has 1 heterocycles. The maximum absolute atomic E-state index is 10.8. The van der Waals surface area contributed by atoms with E-state index in [1.165, 1.54) is 0 Å². The zero-order valence-corrected chi connectivity index (χ0v) is 7.40. The molecule has 12 heavy (non-hydrogen) atoms. The van der Waals surface area contributed by atoms with Crippen molar-refractivity contribution >= 4 is 5.97 Å². The summed E-state index contributed by atoms with van der Waals surface area (Å²) < 4.78 is 1.60. The fourth-order valence-corrected chi connectivity index (χ4v) is 0.867. The smallest absolute Gasteiger partial charge is 0.313 e. The van der Waals surface area contributed by atoms with Crippen molar-refractivity contribution in [1.29, 1.82) is 0 Å². The average Bonchev–Trinajstić information content (AvgIpc) is 2.35.